The Kier molecular flexibility index (Phi) is 5.02. The van der Waals surface area contributed by atoms with Crippen LogP contribution < -0.4 is 5.73 Å². The number of nitriles is 1. The lowest BCUT2D eigenvalue weighted by Gasteiger charge is -2.27. The van der Waals surface area contributed by atoms with Crippen molar-refractivity contribution in [3.63, 3.8) is 0 Å². The van der Waals surface area contributed by atoms with Crippen molar-refractivity contribution >= 4 is 5.97 Å². The maximum Gasteiger partial charge on any atom is 0.338 e. The summed E-state index contributed by atoms with van der Waals surface area (Å²) in [6.07, 6.45) is 0.360. The number of rotatable bonds is 4. The van der Waals surface area contributed by atoms with Crippen LogP contribution >= 0.6 is 0 Å². The lowest BCUT2D eigenvalue weighted by Crippen LogP contribution is -2.26. The van der Waals surface area contributed by atoms with Crippen LogP contribution in [0.15, 0.2) is 47.1 Å². The molecule has 1 heterocycles. The molecule has 0 saturated carbocycles. The van der Waals surface area contributed by atoms with Crippen molar-refractivity contribution in [2.75, 3.05) is 6.61 Å². The predicted molar refractivity (Wildman–Crippen MR) is 81.0 cm³/mol. The van der Waals surface area contributed by atoms with Crippen LogP contribution in [-0.2, 0) is 14.3 Å². The molecule has 0 aromatic heterocycles. The van der Waals surface area contributed by atoms with Crippen molar-refractivity contribution in [2.24, 2.45) is 5.73 Å². The van der Waals surface area contributed by atoms with Gasteiger partial charge in [0.05, 0.1) is 18.1 Å². The summed E-state index contributed by atoms with van der Waals surface area (Å²) < 4.78 is 24.7. The molecule has 0 amide bonds. The molecule has 0 radical (unpaired) electrons. The number of hydrogen-bond donors (Lipinski definition) is 1. The lowest BCUT2D eigenvalue weighted by molar-refractivity contribution is -0.139. The Morgan fingerprint density at radius 1 is 1.43 bits per heavy atom. The SMILES string of the molecule is CCOC(=O)C1=C(CC)OC(N)=C(C#N)[C@@H]1c1ccccc1F. The van der Waals surface area contributed by atoms with Crippen LogP contribution in [-0.4, -0.2) is 12.6 Å². The summed E-state index contributed by atoms with van der Waals surface area (Å²) in [5.41, 5.74) is 6.09. The minimum atomic E-state index is -0.941. The Labute approximate surface area is 133 Å². The normalized spacial score (nSPS) is 17.6. The predicted octanol–water partition coefficient (Wildman–Crippen LogP) is 2.86. The van der Waals surface area contributed by atoms with E-state index in [9.17, 15) is 14.4 Å². The second kappa shape index (κ2) is 6.97. The number of carbonyl (C=O) groups excluding carboxylic acids is 1. The summed E-state index contributed by atoms with van der Waals surface area (Å²) in [6, 6.07) is 7.87. The van der Waals surface area contributed by atoms with Crippen molar-refractivity contribution in [3.05, 3.63) is 58.4 Å². The number of nitrogens with two attached hydrogens (primary N) is 1. The quantitative estimate of drug-likeness (QED) is 0.863. The molecule has 0 spiro atoms. The molecule has 5 nitrogen and oxygen atoms in total. The third-order valence-electron chi connectivity index (χ3n) is 3.53. The molecule has 120 valence electrons. The monoisotopic (exact) mass is 316 g/mol. The molecular formula is C17H17FN2O3. The number of nitrogens with zero attached hydrogens (tertiary/aromatic N) is 1. The summed E-state index contributed by atoms with van der Waals surface area (Å²) in [5, 5.41) is 9.41. The molecule has 1 aliphatic heterocycles. The number of hydrogen-bond acceptors (Lipinski definition) is 5. The van der Waals surface area contributed by atoms with Crippen LogP contribution in [0.4, 0.5) is 4.39 Å². The Bertz CT molecular complexity index is 732. The summed E-state index contributed by atoms with van der Waals surface area (Å²) in [6.45, 7) is 3.60. The minimum Gasteiger partial charge on any atom is -0.463 e. The van der Waals surface area contributed by atoms with Gasteiger partial charge in [-0.2, -0.15) is 5.26 Å². The van der Waals surface area contributed by atoms with E-state index in [2.05, 4.69) is 0 Å². The van der Waals surface area contributed by atoms with Gasteiger partial charge in [-0.1, -0.05) is 25.1 Å². The highest BCUT2D eigenvalue weighted by molar-refractivity contribution is 5.92. The summed E-state index contributed by atoms with van der Waals surface area (Å²) >= 11 is 0. The van der Waals surface area contributed by atoms with Crippen molar-refractivity contribution < 1.29 is 18.7 Å². The van der Waals surface area contributed by atoms with Gasteiger partial charge in [0.25, 0.3) is 0 Å². The first kappa shape index (κ1) is 16.6. The molecule has 0 fully saturated rings. The zero-order valence-corrected chi connectivity index (χ0v) is 12.9. The topological polar surface area (TPSA) is 85.3 Å². The summed E-state index contributed by atoms with van der Waals surface area (Å²) in [5.74, 6) is -1.95. The molecule has 1 aromatic rings. The van der Waals surface area contributed by atoms with E-state index in [1.54, 1.807) is 19.9 Å². The third-order valence-corrected chi connectivity index (χ3v) is 3.53. The maximum absolute atomic E-state index is 14.3. The van der Waals surface area contributed by atoms with Crippen LogP contribution in [0.25, 0.3) is 0 Å². The van der Waals surface area contributed by atoms with Crippen molar-refractivity contribution in [1.82, 2.24) is 0 Å². The molecule has 1 aromatic carbocycles. The third kappa shape index (κ3) is 3.04. The molecule has 1 aliphatic rings. The van der Waals surface area contributed by atoms with E-state index in [0.29, 0.717) is 6.42 Å². The van der Waals surface area contributed by atoms with Crippen molar-refractivity contribution in [2.45, 2.75) is 26.2 Å². The van der Waals surface area contributed by atoms with E-state index in [0.717, 1.165) is 0 Å². The number of ether oxygens (including phenoxy) is 2. The van der Waals surface area contributed by atoms with E-state index in [4.69, 9.17) is 15.2 Å². The van der Waals surface area contributed by atoms with Gasteiger partial charge >= 0.3 is 5.97 Å². The zero-order valence-electron chi connectivity index (χ0n) is 12.9. The van der Waals surface area contributed by atoms with Gasteiger partial charge in [-0.05, 0) is 13.0 Å². The van der Waals surface area contributed by atoms with E-state index >= 15 is 0 Å². The number of esters is 1. The molecule has 0 bridgehead atoms. The van der Waals surface area contributed by atoms with E-state index < -0.39 is 17.7 Å². The van der Waals surface area contributed by atoms with Gasteiger partial charge in [0.1, 0.15) is 23.2 Å². The molecule has 0 saturated heterocycles. The van der Waals surface area contributed by atoms with Crippen LogP contribution in [0.3, 0.4) is 0 Å². The first-order valence-electron chi connectivity index (χ1n) is 7.27. The first-order chi connectivity index (χ1) is 11.0. The fourth-order valence-corrected chi connectivity index (χ4v) is 2.53. The van der Waals surface area contributed by atoms with Gasteiger partial charge in [-0.15, -0.1) is 0 Å². The molecule has 23 heavy (non-hydrogen) atoms. The van der Waals surface area contributed by atoms with Crippen LogP contribution in [0.2, 0.25) is 0 Å². The van der Waals surface area contributed by atoms with Crippen molar-refractivity contribution in [3.8, 4) is 6.07 Å². The van der Waals surface area contributed by atoms with Crippen LogP contribution in [0, 0.1) is 17.1 Å². The highest BCUT2D eigenvalue weighted by Gasteiger charge is 2.38. The largest absolute Gasteiger partial charge is 0.463 e. The van der Waals surface area contributed by atoms with Gasteiger partial charge in [-0.25, -0.2) is 9.18 Å². The highest BCUT2D eigenvalue weighted by Crippen LogP contribution is 2.41. The number of benzene rings is 1. The standard InChI is InChI=1S/C17H17FN2O3/c1-3-13-15(17(21)22-4-2)14(11(9-19)16(20)23-13)10-7-5-6-8-12(10)18/h5-8,14H,3-4,20H2,1-2H3/t14-/m0/s1. The molecule has 2 N–H and O–H groups in total. The lowest BCUT2D eigenvalue weighted by atomic mass is 9.82. The van der Waals surface area contributed by atoms with Crippen LogP contribution in [0.5, 0.6) is 0 Å². The molecular weight excluding hydrogens is 299 g/mol. The van der Waals surface area contributed by atoms with E-state index in [1.165, 1.54) is 18.2 Å². The molecule has 2 rings (SSSR count). The Morgan fingerprint density at radius 3 is 2.70 bits per heavy atom. The fourth-order valence-electron chi connectivity index (χ4n) is 2.53. The molecule has 0 aliphatic carbocycles. The average molecular weight is 316 g/mol. The van der Waals surface area contributed by atoms with Gasteiger partial charge in [-0.3, -0.25) is 0 Å². The van der Waals surface area contributed by atoms with Crippen molar-refractivity contribution in [1.29, 1.82) is 5.26 Å². The van der Waals surface area contributed by atoms with E-state index in [-0.39, 0.29) is 35.0 Å². The maximum atomic E-state index is 14.3. The number of carbonyl (C=O) groups is 1. The summed E-state index contributed by atoms with van der Waals surface area (Å²) in [4.78, 5) is 12.4. The van der Waals surface area contributed by atoms with Gasteiger partial charge in [0.15, 0.2) is 0 Å². The highest BCUT2D eigenvalue weighted by atomic mass is 19.1. The number of allylic oxidation sites excluding steroid dienone is 2. The van der Waals surface area contributed by atoms with Gasteiger partial charge in [0, 0.05) is 12.0 Å². The molecule has 0 unspecified atom stereocenters. The fraction of sp³-hybridized carbons (Fsp3) is 0.294. The Hall–Kier alpha value is -2.81. The number of halogens is 1. The molecule has 1 atom stereocenters. The van der Waals surface area contributed by atoms with E-state index in [1.807, 2.05) is 6.07 Å². The Morgan fingerprint density at radius 2 is 2.13 bits per heavy atom. The molecule has 6 heteroatoms. The van der Waals surface area contributed by atoms with Crippen LogP contribution in [0.1, 0.15) is 31.7 Å². The Balaban J connectivity index is 2.69. The first-order valence-corrected chi connectivity index (χ1v) is 7.27. The van der Waals surface area contributed by atoms with Gasteiger partial charge < -0.3 is 15.2 Å². The minimum absolute atomic E-state index is 0.00430. The zero-order chi connectivity index (χ0) is 17.0. The average Bonchev–Trinajstić information content (AvgIpc) is 2.54. The summed E-state index contributed by atoms with van der Waals surface area (Å²) in [7, 11) is 0. The second-order valence-electron chi connectivity index (χ2n) is 4.86. The van der Waals surface area contributed by atoms with Gasteiger partial charge in [0.2, 0.25) is 5.88 Å². The second-order valence-corrected chi connectivity index (χ2v) is 4.86. The smallest absolute Gasteiger partial charge is 0.338 e.